The molecule has 0 bridgehead atoms. The Hall–Kier alpha value is -6.96. The summed E-state index contributed by atoms with van der Waals surface area (Å²) in [6.07, 6.45) is 1.51. The van der Waals surface area contributed by atoms with Crippen molar-refractivity contribution in [1.82, 2.24) is 25.1 Å². The highest BCUT2D eigenvalue weighted by atomic mass is 32.2. The number of H-pyrrole nitrogens is 1. The van der Waals surface area contributed by atoms with E-state index in [4.69, 9.17) is 9.73 Å². The number of aryl methyl sites for hydroxylation is 3. The predicted octanol–water partition coefficient (Wildman–Crippen LogP) is 7.91. The number of nitrogens with one attached hydrogen (secondary N) is 3. The van der Waals surface area contributed by atoms with Crippen molar-refractivity contribution in [3.05, 3.63) is 146 Å². The number of anilines is 1. The Labute approximate surface area is 348 Å². The molecular formula is C44H37FN8O5S2. The number of sulfonamides is 1. The van der Waals surface area contributed by atoms with Crippen molar-refractivity contribution >= 4 is 55.5 Å². The van der Waals surface area contributed by atoms with Gasteiger partial charge in [0.25, 0.3) is 15.9 Å². The normalized spacial score (nSPS) is 13.5. The number of aliphatic imine (C=N–C) groups is 1. The Morgan fingerprint density at radius 3 is 2.42 bits per heavy atom. The highest BCUT2D eigenvalue weighted by Crippen LogP contribution is 2.40. The van der Waals surface area contributed by atoms with E-state index in [2.05, 4.69) is 31.3 Å². The smallest absolute Gasteiger partial charge is 0.308 e. The van der Waals surface area contributed by atoms with E-state index < -0.39 is 33.8 Å². The average molecular weight is 841 g/mol. The molecule has 4 aromatic carbocycles. The summed E-state index contributed by atoms with van der Waals surface area (Å²) in [5.41, 5.74) is 7.11. The average Bonchev–Trinajstić information content (AvgIpc) is 3.92. The van der Waals surface area contributed by atoms with Gasteiger partial charge in [0.05, 0.1) is 40.9 Å². The summed E-state index contributed by atoms with van der Waals surface area (Å²) in [4.78, 5) is 34.8. The number of benzene rings is 4. The summed E-state index contributed by atoms with van der Waals surface area (Å²) >= 11 is 1.60. The molecule has 302 valence electrons. The summed E-state index contributed by atoms with van der Waals surface area (Å²) in [5.74, 6) is -0.298. The molecule has 7 aromatic rings. The van der Waals surface area contributed by atoms with Crippen molar-refractivity contribution in [2.75, 3.05) is 11.8 Å². The van der Waals surface area contributed by atoms with Crippen molar-refractivity contribution in [2.24, 2.45) is 4.99 Å². The molecule has 60 heavy (non-hydrogen) atoms. The van der Waals surface area contributed by atoms with Crippen molar-refractivity contribution in [1.29, 1.82) is 5.26 Å². The molecule has 13 nitrogen and oxygen atoms in total. The molecule has 1 aliphatic rings. The van der Waals surface area contributed by atoms with Gasteiger partial charge in [-0.2, -0.15) is 5.26 Å². The number of nitrogens with zero attached hydrogens (tertiary/aromatic N) is 5. The number of methoxy groups -OCH3 is 1. The molecule has 1 aliphatic heterocycles. The van der Waals surface area contributed by atoms with Crippen molar-refractivity contribution < 1.29 is 27.1 Å². The van der Waals surface area contributed by atoms with Gasteiger partial charge < -0.3 is 15.0 Å². The largest absolute Gasteiger partial charge is 0.469 e. The van der Waals surface area contributed by atoms with Crippen LogP contribution in [0.2, 0.25) is 0 Å². The van der Waals surface area contributed by atoms with Gasteiger partial charge in [-0.25, -0.2) is 12.8 Å². The first-order valence-electron chi connectivity index (χ1n) is 18.8. The number of halogens is 1. The maximum Gasteiger partial charge on any atom is 0.308 e. The van der Waals surface area contributed by atoms with E-state index in [0.29, 0.717) is 56.2 Å². The third-order valence-electron chi connectivity index (χ3n) is 10.6. The van der Waals surface area contributed by atoms with Crippen LogP contribution >= 0.6 is 11.3 Å². The van der Waals surface area contributed by atoms with Gasteiger partial charge in [0, 0.05) is 45.3 Å². The fourth-order valence-electron chi connectivity index (χ4n) is 7.33. The van der Waals surface area contributed by atoms with E-state index in [1.807, 2.05) is 44.4 Å². The van der Waals surface area contributed by atoms with Crippen LogP contribution in [0.3, 0.4) is 0 Å². The highest BCUT2D eigenvalue weighted by molar-refractivity contribution is 7.92. The molecule has 8 rings (SSSR count). The quantitative estimate of drug-likeness (QED) is 0.116. The molecule has 0 radical (unpaired) electrons. The number of aromatic nitrogens is 4. The van der Waals surface area contributed by atoms with Gasteiger partial charge in [0.1, 0.15) is 28.8 Å². The van der Waals surface area contributed by atoms with Crippen LogP contribution in [0, 0.1) is 44.8 Å². The zero-order chi connectivity index (χ0) is 42.5. The lowest BCUT2D eigenvalue weighted by Crippen LogP contribution is -2.23. The zero-order valence-electron chi connectivity index (χ0n) is 33.0. The first-order chi connectivity index (χ1) is 28.8. The number of esters is 1. The number of rotatable bonds is 10. The fourth-order valence-corrected chi connectivity index (χ4v) is 9.62. The van der Waals surface area contributed by atoms with Crippen LogP contribution in [0.1, 0.15) is 72.7 Å². The van der Waals surface area contributed by atoms with Crippen molar-refractivity contribution in [2.45, 2.75) is 51.6 Å². The second kappa shape index (κ2) is 15.7. The predicted molar refractivity (Wildman–Crippen MR) is 226 cm³/mol. The molecule has 3 aromatic heterocycles. The summed E-state index contributed by atoms with van der Waals surface area (Å²) < 4.78 is 51.7. The van der Waals surface area contributed by atoms with Gasteiger partial charge in [-0.05, 0) is 80.3 Å². The summed E-state index contributed by atoms with van der Waals surface area (Å²) in [7, 11) is -2.65. The Kier molecular flexibility index (Phi) is 10.4. The number of ether oxygens (including phenoxy) is 1. The molecule has 0 unspecified atom stereocenters. The zero-order valence-corrected chi connectivity index (χ0v) is 34.7. The molecule has 0 saturated heterocycles. The monoisotopic (exact) mass is 840 g/mol. The molecule has 0 aliphatic carbocycles. The second-order valence-corrected chi connectivity index (χ2v) is 17.3. The van der Waals surface area contributed by atoms with Gasteiger partial charge in [-0.3, -0.25) is 23.9 Å². The van der Waals surface area contributed by atoms with Crippen molar-refractivity contribution in [3.63, 3.8) is 0 Å². The first-order valence-corrected chi connectivity index (χ1v) is 21.1. The second-order valence-electron chi connectivity index (χ2n) is 14.4. The highest BCUT2D eigenvalue weighted by Gasteiger charge is 2.33. The molecule has 16 heteroatoms. The van der Waals surface area contributed by atoms with Gasteiger partial charge in [-0.15, -0.1) is 21.5 Å². The van der Waals surface area contributed by atoms with Crippen LogP contribution in [0.25, 0.3) is 27.0 Å². The topological polar surface area (TPSA) is 184 Å². The number of thiophene rings is 1. The Bertz CT molecular complexity index is 3050. The third kappa shape index (κ3) is 7.22. The van der Waals surface area contributed by atoms with Gasteiger partial charge >= 0.3 is 5.97 Å². The third-order valence-corrected chi connectivity index (χ3v) is 13.2. The van der Waals surface area contributed by atoms with Gasteiger partial charge in [0.2, 0.25) is 0 Å². The first kappa shape index (κ1) is 39.8. The maximum absolute atomic E-state index is 15.7. The van der Waals surface area contributed by atoms with Crippen LogP contribution in [0.15, 0.2) is 94.9 Å². The number of fused-ring (bicyclic) bond motifs is 4. The number of aromatic amines is 1. The van der Waals surface area contributed by atoms with Gasteiger partial charge in [-0.1, -0.05) is 48.5 Å². The molecule has 1 atom stereocenters. The summed E-state index contributed by atoms with van der Waals surface area (Å²) in [6.45, 7) is 7.85. The van der Waals surface area contributed by atoms with E-state index in [1.165, 1.54) is 25.3 Å². The summed E-state index contributed by atoms with van der Waals surface area (Å²) in [5, 5.41) is 22.5. The molecule has 3 N–H and O–H groups in total. The van der Waals surface area contributed by atoms with Crippen molar-refractivity contribution in [3.8, 4) is 22.2 Å². The van der Waals surface area contributed by atoms with E-state index in [0.717, 1.165) is 32.1 Å². The van der Waals surface area contributed by atoms with Crippen LogP contribution < -0.4 is 10.0 Å². The minimum atomic E-state index is -3.99. The minimum Gasteiger partial charge on any atom is -0.469 e. The molecule has 0 fully saturated rings. The lowest BCUT2D eigenvalue weighted by Gasteiger charge is -2.13. The van der Waals surface area contributed by atoms with Gasteiger partial charge in [0.15, 0.2) is 5.82 Å². The fraction of sp³-hybridized carbons (Fsp3) is 0.182. The molecule has 1 amide bonds. The lowest BCUT2D eigenvalue weighted by molar-refractivity contribution is -0.141. The molecular weight excluding hydrogens is 804 g/mol. The Morgan fingerprint density at radius 1 is 0.983 bits per heavy atom. The Morgan fingerprint density at radius 2 is 1.72 bits per heavy atom. The molecule has 0 saturated carbocycles. The summed E-state index contributed by atoms with van der Waals surface area (Å²) in [6, 6.07) is 22.5. The minimum absolute atomic E-state index is 0.00999. The van der Waals surface area contributed by atoms with Crippen LogP contribution in [-0.2, 0) is 26.1 Å². The van der Waals surface area contributed by atoms with E-state index in [-0.39, 0.29) is 23.4 Å². The number of carbonyl (C=O) groups is 2. The lowest BCUT2D eigenvalue weighted by atomic mass is 9.96. The van der Waals surface area contributed by atoms with E-state index in [9.17, 15) is 23.3 Å². The van der Waals surface area contributed by atoms with E-state index in [1.54, 1.807) is 66.1 Å². The van der Waals surface area contributed by atoms with Crippen LogP contribution in [-0.4, -0.2) is 52.9 Å². The van der Waals surface area contributed by atoms with Crippen LogP contribution in [0.4, 0.5) is 10.1 Å². The van der Waals surface area contributed by atoms with Crippen LogP contribution in [0.5, 0.6) is 0 Å². The maximum atomic E-state index is 15.7. The number of carbonyl (C=O) groups excluding carboxylic acids is 2. The standard InChI is InChI=1S/C44H37FN8O5S2/c1-23-6-17-35(41-38(23)31(20-46)22-47-41)52-60(56,57)32-14-7-27(8-15-32)21-48-43(55)30-13-16-33(34(45)18-30)28-9-11-29(12-10-28)40-39-24(2)25(3)59-44(39)53-26(4)50-51-42(53)36(49-40)19-37(54)58-5/h6-18,22,36,47,52H,19,21H2,1-5H3,(H,48,55)/t36-/m0/s1. The SMILES string of the molecule is COC(=O)C[C@@H]1N=C(c2ccc(-c3ccc(C(=O)NCc4ccc(S(=O)(=O)Nc5ccc(C)c6c(C#N)c[nH]c56)cc4)cc3F)cc2)c2c(sc(C)c2C)-n2c(C)nnc21. The molecule has 4 heterocycles. The molecule has 0 spiro atoms. The number of hydrogen-bond acceptors (Lipinski definition) is 10. The van der Waals surface area contributed by atoms with E-state index >= 15 is 4.39 Å². The Balaban J connectivity index is 0.964. The number of amides is 1. The number of hydrogen-bond donors (Lipinski definition) is 3. The number of nitriles is 1.